The molecule has 2 aromatic carbocycles. The van der Waals surface area contributed by atoms with Crippen molar-refractivity contribution in [1.82, 2.24) is 4.90 Å². The molecule has 0 radical (unpaired) electrons. The number of rotatable bonds is 3. The predicted octanol–water partition coefficient (Wildman–Crippen LogP) is 6.16. The number of carbonyl (C=O) groups is 2. The van der Waals surface area contributed by atoms with Gasteiger partial charge in [-0.2, -0.15) is 0 Å². The van der Waals surface area contributed by atoms with Gasteiger partial charge in [-0.1, -0.05) is 50.0 Å². The lowest BCUT2D eigenvalue weighted by molar-refractivity contribution is -0.139. The first-order valence-corrected chi connectivity index (χ1v) is 12.0. The van der Waals surface area contributed by atoms with Crippen molar-refractivity contribution in [2.75, 3.05) is 36.4 Å². The fourth-order valence-corrected chi connectivity index (χ4v) is 5.46. The van der Waals surface area contributed by atoms with Crippen LogP contribution in [-0.2, 0) is 4.79 Å². The third-order valence-electron chi connectivity index (χ3n) is 5.50. The van der Waals surface area contributed by atoms with Crippen LogP contribution in [0.1, 0.15) is 30.4 Å². The summed E-state index contributed by atoms with van der Waals surface area (Å²) in [7, 11) is 0. The SMILES string of the molecule is CC(C)(C)C(=O)N1CCN(c2ccc(NC(=O)c3sc4cc(Cl)ccc4c3Cl)cc2)CC1. The van der Waals surface area contributed by atoms with Crippen molar-refractivity contribution in [1.29, 1.82) is 0 Å². The van der Waals surface area contributed by atoms with Crippen LogP contribution in [0.3, 0.4) is 0 Å². The Morgan fingerprint density at radius 1 is 0.969 bits per heavy atom. The number of piperazine rings is 1. The summed E-state index contributed by atoms with van der Waals surface area (Å²) in [5.41, 5.74) is 1.42. The largest absolute Gasteiger partial charge is 0.368 e. The average Bonchev–Trinajstić information content (AvgIpc) is 3.09. The van der Waals surface area contributed by atoms with E-state index in [0.717, 1.165) is 28.9 Å². The lowest BCUT2D eigenvalue weighted by atomic mass is 9.94. The number of benzene rings is 2. The molecule has 0 saturated carbocycles. The number of nitrogens with one attached hydrogen (secondary N) is 1. The Morgan fingerprint density at radius 3 is 2.25 bits per heavy atom. The van der Waals surface area contributed by atoms with Crippen molar-refractivity contribution in [3.05, 3.63) is 57.4 Å². The molecule has 0 atom stereocenters. The zero-order valence-corrected chi connectivity index (χ0v) is 20.6. The van der Waals surface area contributed by atoms with Crippen LogP contribution in [0.5, 0.6) is 0 Å². The summed E-state index contributed by atoms with van der Waals surface area (Å²) >= 11 is 13.8. The summed E-state index contributed by atoms with van der Waals surface area (Å²) in [6.07, 6.45) is 0. The van der Waals surface area contributed by atoms with Gasteiger partial charge in [0.1, 0.15) is 4.88 Å². The van der Waals surface area contributed by atoms with Crippen molar-refractivity contribution in [3.8, 4) is 0 Å². The van der Waals surface area contributed by atoms with Gasteiger partial charge in [-0.3, -0.25) is 9.59 Å². The number of carbonyl (C=O) groups excluding carboxylic acids is 2. The van der Waals surface area contributed by atoms with E-state index in [0.29, 0.717) is 33.7 Å². The second kappa shape index (κ2) is 8.93. The molecule has 4 rings (SSSR count). The van der Waals surface area contributed by atoms with Gasteiger partial charge in [-0.05, 0) is 36.4 Å². The van der Waals surface area contributed by atoms with Gasteiger partial charge in [-0.15, -0.1) is 11.3 Å². The molecule has 2 amide bonds. The molecular formula is C24H25Cl2N3O2S. The number of thiophene rings is 1. The van der Waals surface area contributed by atoms with Gasteiger partial charge in [0.05, 0.1) is 5.02 Å². The lowest BCUT2D eigenvalue weighted by Crippen LogP contribution is -2.51. The number of halogens is 2. The molecule has 1 N–H and O–H groups in total. The van der Waals surface area contributed by atoms with E-state index in [-0.39, 0.29) is 17.2 Å². The Labute approximate surface area is 201 Å². The number of hydrogen-bond donors (Lipinski definition) is 1. The fourth-order valence-electron chi connectivity index (χ4n) is 3.77. The third kappa shape index (κ3) is 4.72. The van der Waals surface area contributed by atoms with Crippen LogP contribution >= 0.6 is 34.5 Å². The first-order valence-electron chi connectivity index (χ1n) is 10.5. The van der Waals surface area contributed by atoms with Crippen LogP contribution in [0.2, 0.25) is 10.0 Å². The maximum atomic E-state index is 12.8. The molecule has 1 aliphatic heterocycles. The zero-order valence-electron chi connectivity index (χ0n) is 18.2. The van der Waals surface area contributed by atoms with Crippen molar-refractivity contribution in [3.63, 3.8) is 0 Å². The van der Waals surface area contributed by atoms with Crippen LogP contribution in [0, 0.1) is 5.41 Å². The molecule has 8 heteroatoms. The minimum absolute atomic E-state index is 0.192. The molecule has 0 aliphatic carbocycles. The standard InChI is InChI=1S/C24H25Cl2N3O2S/c1-24(2,3)23(31)29-12-10-28(11-13-29)17-7-5-16(6-8-17)27-22(30)21-20(26)18-9-4-15(25)14-19(18)32-21/h4-9,14H,10-13H2,1-3H3,(H,27,30). The molecule has 32 heavy (non-hydrogen) atoms. The highest BCUT2D eigenvalue weighted by molar-refractivity contribution is 7.21. The second-order valence-electron chi connectivity index (χ2n) is 8.92. The molecule has 1 aromatic heterocycles. The van der Waals surface area contributed by atoms with Gasteiger partial charge in [0.25, 0.3) is 5.91 Å². The van der Waals surface area contributed by atoms with Gasteiger partial charge >= 0.3 is 0 Å². The van der Waals surface area contributed by atoms with Gasteiger partial charge in [0, 0.05) is 58.1 Å². The molecule has 2 heterocycles. The van der Waals surface area contributed by atoms with Crippen molar-refractivity contribution in [2.24, 2.45) is 5.41 Å². The maximum Gasteiger partial charge on any atom is 0.267 e. The summed E-state index contributed by atoms with van der Waals surface area (Å²) in [6, 6.07) is 13.2. The number of nitrogens with zero attached hydrogens (tertiary/aromatic N) is 2. The van der Waals surface area contributed by atoms with Gasteiger partial charge in [-0.25, -0.2) is 0 Å². The zero-order chi connectivity index (χ0) is 23.0. The lowest BCUT2D eigenvalue weighted by Gasteiger charge is -2.38. The van der Waals surface area contributed by atoms with E-state index in [1.807, 2.05) is 62.1 Å². The number of hydrogen-bond acceptors (Lipinski definition) is 4. The Bertz CT molecular complexity index is 1160. The van der Waals surface area contributed by atoms with Gasteiger partial charge in [0.2, 0.25) is 5.91 Å². The van der Waals surface area contributed by atoms with Crippen LogP contribution in [-0.4, -0.2) is 42.9 Å². The van der Waals surface area contributed by atoms with E-state index in [1.54, 1.807) is 6.07 Å². The molecule has 0 bridgehead atoms. The Kier molecular flexibility index (Phi) is 6.39. The third-order valence-corrected chi connectivity index (χ3v) is 7.39. The molecule has 1 aliphatic rings. The van der Waals surface area contributed by atoms with Crippen molar-refractivity contribution >= 4 is 67.8 Å². The van der Waals surface area contributed by atoms with E-state index < -0.39 is 0 Å². The molecule has 1 fully saturated rings. The number of anilines is 2. The predicted molar refractivity (Wildman–Crippen MR) is 134 cm³/mol. The molecule has 0 unspecified atom stereocenters. The summed E-state index contributed by atoms with van der Waals surface area (Å²) in [4.78, 5) is 29.9. The van der Waals surface area contributed by atoms with E-state index in [4.69, 9.17) is 23.2 Å². The number of amides is 2. The average molecular weight is 490 g/mol. The monoisotopic (exact) mass is 489 g/mol. The second-order valence-corrected chi connectivity index (χ2v) is 10.8. The smallest absolute Gasteiger partial charge is 0.267 e. The molecule has 0 spiro atoms. The van der Waals surface area contributed by atoms with Crippen LogP contribution < -0.4 is 10.2 Å². The molecule has 1 saturated heterocycles. The van der Waals surface area contributed by atoms with Crippen molar-refractivity contribution in [2.45, 2.75) is 20.8 Å². The highest BCUT2D eigenvalue weighted by atomic mass is 35.5. The summed E-state index contributed by atoms with van der Waals surface area (Å²) in [5.74, 6) is -0.0493. The van der Waals surface area contributed by atoms with Crippen LogP contribution in [0.15, 0.2) is 42.5 Å². The summed E-state index contributed by atoms with van der Waals surface area (Å²) < 4.78 is 0.882. The molecule has 168 valence electrons. The van der Waals surface area contributed by atoms with Crippen LogP contribution in [0.4, 0.5) is 11.4 Å². The summed E-state index contributed by atoms with van der Waals surface area (Å²) in [6.45, 7) is 8.86. The molecular weight excluding hydrogens is 465 g/mol. The van der Waals surface area contributed by atoms with E-state index in [2.05, 4.69) is 10.2 Å². The highest BCUT2D eigenvalue weighted by Gasteiger charge is 2.29. The summed E-state index contributed by atoms with van der Waals surface area (Å²) in [5, 5.41) is 4.81. The normalized spacial score (nSPS) is 14.7. The molecule has 5 nitrogen and oxygen atoms in total. The fraction of sp³-hybridized carbons (Fsp3) is 0.333. The van der Waals surface area contributed by atoms with Gasteiger partial charge < -0.3 is 15.1 Å². The highest BCUT2D eigenvalue weighted by Crippen LogP contribution is 2.37. The number of fused-ring (bicyclic) bond motifs is 1. The Hall–Kier alpha value is -2.28. The van der Waals surface area contributed by atoms with Crippen LogP contribution in [0.25, 0.3) is 10.1 Å². The molecule has 3 aromatic rings. The van der Waals surface area contributed by atoms with E-state index in [9.17, 15) is 9.59 Å². The first kappa shape index (κ1) is 22.9. The van der Waals surface area contributed by atoms with E-state index in [1.165, 1.54) is 11.3 Å². The maximum absolute atomic E-state index is 12.8. The van der Waals surface area contributed by atoms with Gasteiger partial charge in [0.15, 0.2) is 0 Å². The van der Waals surface area contributed by atoms with Crippen molar-refractivity contribution < 1.29 is 9.59 Å². The quantitative estimate of drug-likeness (QED) is 0.479. The minimum atomic E-state index is -0.356. The topological polar surface area (TPSA) is 52.7 Å². The Balaban J connectivity index is 1.40. The van der Waals surface area contributed by atoms with E-state index >= 15 is 0 Å². The minimum Gasteiger partial charge on any atom is -0.368 e. The first-order chi connectivity index (χ1) is 15.1. The Morgan fingerprint density at radius 2 is 1.62 bits per heavy atom.